The SMILES string of the molecule is Cc1ccc(-c2ccc(-c3csc4c3C(O)=C(c3ccccc3)CN4)cc2)cc1. The summed E-state index contributed by atoms with van der Waals surface area (Å²) in [5, 5.41) is 17.7. The molecule has 0 bridgehead atoms. The molecule has 1 aliphatic heterocycles. The van der Waals surface area contributed by atoms with E-state index in [-0.39, 0.29) is 0 Å². The second-order valence-electron chi connectivity index (χ2n) is 7.34. The van der Waals surface area contributed by atoms with Gasteiger partial charge in [-0.3, -0.25) is 0 Å². The predicted molar refractivity (Wildman–Crippen MR) is 124 cm³/mol. The van der Waals surface area contributed by atoms with E-state index in [2.05, 4.69) is 66.2 Å². The minimum Gasteiger partial charge on any atom is -0.507 e. The quantitative estimate of drug-likeness (QED) is 0.383. The zero-order valence-corrected chi connectivity index (χ0v) is 17.0. The van der Waals surface area contributed by atoms with Crippen LogP contribution in [-0.2, 0) is 0 Å². The Labute approximate surface area is 174 Å². The highest BCUT2D eigenvalue weighted by molar-refractivity contribution is 7.15. The maximum absolute atomic E-state index is 11.1. The summed E-state index contributed by atoms with van der Waals surface area (Å²) in [6.45, 7) is 2.74. The van der Waals surface area contributed by atoms with E-state index in [0.29, 0.717) is 12.3 Å². The number of aliphatic hydroxyl groups is 1. The molecule has 0 spiro atoms. The van der Waals surface area contributed by atoms with Gasteiger partial charge in [-0.2, -0.15) is 0 Å². The predicted octanol–water partition coefficient (Wildman–Crippen LogP) is 7.24. The summed E-state index contributed by atoms with van der Waals surface area (Å²) in [6, 6.07) is 27.3. The lowest BCUT2D eigenvalue weighted by molar-refractivity contribution is 0.513. The Morgan fingerprint density at radius 2 is 1.38 bits per heavy atom. The smallest absolute Gasteiger partial charge is 0.131 e. The Hall–Kier alpha value is -3.30. The fraction of sp³-hybridized carbons (Fsp3) is 0.0769. The normalized spacial score (nSPS) is 13.1. The van der Waals surface area contributed by atoms with Crippen molar-refractivity contribution in [3.63, 3.8) is 0 Å². The second kappa shape index (κ2) is 7.26. The molecule has 3 aromatic carbocycles. The number of hydrogen-bond acceptors (Lipinski definition) is 3. The summed E-state index contributed by atoms with van der Waals surface area (Å²) in [5.41, 5.74) is 8.75. The molecule has 0 radical (unpaired) electrons. The molecule has 0 amide bonds. The van der Waals surface area contributed by atoms with Crippen molar-refractivity contribution >= 4 is 27.7 Å². The van der Waals surface area contributed by atoms with Crippen LogP contribution in [0.4, 0.5) is 5.00 Å². The highest BCUT2D eigenvalue weighted by Gasteiger charge is 2.24. The molecule has 1 aromatic heterocycles. The van der Waals surface area contributed by atoms with Crippen LogP contribution < -0.4 is 5.32 Å². The topological polar surface area (TPSA) is 32.3 Å². The zero-order valence-electron chi connectivity index (χ0n) is 16.1. The van der Waals surface area contributed by atoms with E-state index in [0.717, 1.165) is 32.8 Å². The average Bonchev–Trinajstić information content (AvgIpc) is 3.20. The molecule has 5 rings (SSSR count). The Balaban J connectivity index is 1.54. The molecule has 0 aliphatic carbocycles. The van der Waals surface area contributed by atoms with Gasteiger partial charge in [0, 0.05) is 23.1 Å². The van der Waals surface area contributed by atoms with E-state index in [1.165, 1.54) is 16.7 Å². The number of benzene rings is 3. The minimum atomic E-state index is 0.379. The van der Waals surface area contributed by atoms with Gasteiger partial charge in [-0.05, 0) is 29.2 Å². The molecule has 2 heterocycles. The van der Waals surface area contributed by atoms with Crippen LogP contribution in [0.5, 0.6) is 0 Å². The molecule has 2 N–H and O–H groups in total. The molecule has 4 aromatic rings. The summed E-state index contributed by atoms with van der Waals surface area (Å²) in [4.78, 5) is 0. The third kappa shape index (κ3) is 3.24. The van der Waals surface area contributed by atoms with E-state index >= 15 is 0 Å². The molecule has 1 aliphatic rings. The Morgan fingerprint density at radius 1 is 0.759 bits per heavy atom. The Bertz CT molecular complexity index is 1190. The molecule has 29 heavy (non-hydrogen) atoms. The summed E-state index contributed by atoms with van der Waals surface area (Å²) in [6.07, 6.45) is 0. The third-order valence-electron chi connectivity index (χ3n) is 5.44. The highest BCUT2D eigenvalue weighted by atomic mass is 32.1. The molecular formula is C26H21NOS. The van der Waals surface area contributed by atoms with Gasteiger partial charge in [0.25, 0.3) is 0 Å². The van der Waals surface area contributed by atoms with Crippen molar-refractivity contribution < 1.29 is 5.11 Å². The lowest BCUT2D eigenvalue weighted by atomic mass is 9.94. The van der Waals surface area contributed by atoms with E-state index < -0.39 is 0 Å². The number of thiophene rings is 1. The molecule has 2 nitrogen and oxygen atoms in total. The van der Waals surface area contributed by atoms with Crippen LogP contribution in [0.2, 0.25) is 0 Å². The van der Waals surface area contributed by atoms with Gasteiger partial charge in [0.1, 0.15) is 10.8 Å². The fourth-order valence-corrected chi connectivity index (χ4v) is 4.77. The number of fused-ring (bicyclic) bond motifs is 1. The Kier molecular flexibility index (Phi) is 4.45. The summed E-state index contributed by atoms with van der Waals surface area (Å²) in [7, 11) is 0. The van der Waals surface area contributed by atoms with Crippen LogP contribution >= 0.6 is 11.3 Å². The summed E-state index contributed by atoms with van der Waals surface area (Å²) in [5.74, 6) is 0.379. The lowest BCUT2D eigenvalue weighted by Crippen LogP contribution is -2.12. The van der Waals surface area contributed by atoms with Crippen molar-refractivity contribution in [3.05, 3.63) is 101 Å². The minimum absolute atomic E-state index is 0.379. The molecule has 142 valence electrons. The molecular weight excluding hydrogens is 374 g/mol. The zero-order chi connectivity index (χ0) is 19.8. The number of aryl methyl sites for hydroxylation is 1. The van der Waals surface area contributed by atoms with Gasteiger partial charge >= 0.3 is 0 Å². The molecule has 0 atom stereocenters. The van der Waals surface area contributed by atoms with Gasteiger partial charge in [-0.25, -0.2) is 0 Å². The van der Waals surface area contributed by atoms with Crippen molar-refractivity contribution in [2.45, 2.75) is 6.92 Å². The number of anilines is 1. The molecule has 0 fully saturated rings. The van der Waals surface area contributed by atoms with E-state index in [1.54, 1.807) is 11.3 Å². The lowest BCUT2D eigenvalue weighted by Gasteiger charge is -2.20. The van der Waals surface area contributed by atoms with Gasteiger partial charge in [0.05, 0.1) is 5.56 Å². The van der Waals surface area contributed by atoms with Crippen molar-refractivity contribution in [3.8, 4) is 22.3 Å². The Morgan fingerprint density at radius 3 is 2.07 bits per heavy atom. The number of nitrogens with one attached hydrogen (secondary N) is 1. The van der Waals surface area contributed by atoms with Gasteiger partial charge in [-0.1, -0.05) is 84.4 Å². The standard InChI is InChI=1S/C26H21NOS/c1-17-7-9-18(10-8-17)19-11-13-21(14-12-19)23-16-29-26-24(23)25(28)22(15-27-26)20-5-3-2-4-6-20/h2-14,16,27-28H,15H2,1H3. The third-order valence-corrected chi connectivity index (χ3v) is 6.38. The van der Waals surface area contributed by atoms with E-state index in [1.807, 2.05) is 30.3 Å². The molecule has 0 saturated heterocycles. The average molecular weight is 396 g/mol. The number of rotatable bonds is 3. The first-order valence-corrected chi connectivity index (χ1v) is 10.6. The van der Waals surface area contributed by atoms with Crippen LogP contribution in [-0.4, -0.2) is 11.7 Å². The highest BCUT2D eigenvalue weighted by Crippen LogP contribution is 2.44. The second-order valence-corrected chi connectivity index (χ2v) is 8.22. The number of hydrogen-bond donors (Lipinski definition) is 2. The largest absolute Gasteiger partial charge is 0.507 e. The molecule has 0 saturated carbocycles. The van der Waals surface area contributed by atoms with E-state index in [9.17, 15) is 5.11 Å². The van der Waals surface area contributed by atoms with Crippen LogP contribution in [0.15, 0.2) is 84.2 Å². The van der Waals surface area contributed by atoms with E-state index in [4.69, 9.17) is 0 Å². The number of aliphatic hydroxyl groups excluding tert-OH is 1. The first kappa shape index (κ1) is 17.8. The van der Waals surface area contributed by atoms with Crippen molar-refractivity contribution in [1.29, 1.82) is 0 Å². The van der Waals surface area contributed by atoms with Crippen LogP contribution in [0.3, 0.4) is 0 Å². The fourth-order valence-electron chi connectivity index (χ4n) is 3.81. The van der Waals surface area contributed by atoms with Gasteiger partial charge in [-0.15, -0.1) is 11.3 Å². The maximum atomic E-state index is 11.1. The first-order valence-electron chi connectivity index (χ1n) is 9.71. The maximum Gasteiger partial charge on any atom is 0.131 e. The first-order chi connectivity index (χ1) is 14.2. The van der Waals surface area contributed by atoms with Crippen LogP contribution in [0, 0.1) is 6.92 Å². The molecule has 3 heteroatoms. The van der Waals surface area contributed by atoms with Crippen LogP contribution in [0.25, 0.3) is 33.6 Å². The van der Waals surface area contributed by atoms with Gasteiger partial charge < -0.3 is 10.4 Å². The summed E-state index contributed by atoms with van der Waals surface area (Å²) < 4.78 is 0. The van der Waals surface area contributed by atoms with Crippen LogP contribution in [0.1, 0.15) is 16.7 Å². The van der Waals surface area contributed by atoms with Crippen molar-refractivity contribution in [1.82, 2.24) is 0 Å². The summed E-state index contributed by atoms with van der Waals surface area (Å²) >= 11 is 1.64. The van der Waals surface area contributed by atoms with Crippen molar-refractivity contribution in [2.24, 2.45) is 0 Å². The molecule has 0 unspecified atom stereocenters. The van der Waals surface area contributed by atoms with Gasteiger partial charge in [0.2, 0.25) is 0 Å². The van der Waals surface area contributed by atoms with Gasteiger partial charge in [0.15, 0.2) is 0 Å². The monoisotopic (exact) mass is 395 g/mol. The van der Waals surface area contributed by atoms with Crippen molar-refractivity contribution in [2.75, 3.05) is 11.9 Å².